The number of carbonyl (C=O) groups is 1. The molecule has 0 fully saturated rings. The Labute approximate surface area is 201 Å². The number of hydrogen-bond acceptors (Lipinski definition) is 8. The van der Waals surface area contributed by atoms with E-state index in [1.807, 2.05) is 38.1 Å². The lowest BCUT2D eigenvalue weighted by molar-refractivity contribution is -0.114. The van der Waals surface area contributed by atoms with Gasteiger partial charge in [-0.05, 0) is 43.2 Å². The topological polar surface area (TPSA) is 121 Å². The number of ether oxygens (including phenoxy) is 2. The van der Waals surface area contributed by atoms with Gasteiger partial charge in [-0.1, -0.05) is 35.9 Å². The van der Waals surface area contributed by atoms with Crippen molar-refractivity contribution < 1.29 is 22.7 Å². The molecule has 0 unspecified atom stereocenters. The van der Waals surface area contributed by atoms with Gasteiger partial charge in [-0.25, -0.2) is 13.3 Å². The van der Waals surface area contributed by atoms with Crippen LogP contribution in [0.2, 0.25) is 0 Å². The molecule has 0 aliphatic carbocycles. The van der Waals surface area contributed by atoms with E-state index in [1.165, 1.54) is 6.08 Å². The second-order valence-corrected chi connectivity index (χ2v) is 10.2. The number of aryl methyl sites for hydroxylation is 1. The van der Waals surface area contributed by atoms with Crippen LogP contribution in [0.15, 0.2) is 57.4 Å². The molecule has 0 bridgehead atoms. The molecule has 2 aliphatic rings. The third-order valence-electron chi connectivity index (χ3n) is 4.92. The normalized spacial score (nSPS) is 16.9. The molecule has 11 heteroatoms. The maximum absolute atomic E-state index is 12.6. The highest BCUT2D eigenvalue weighted by Crippen LogP contribution is 2.32. The number of aliphatic imine (C=N–C) groups is 1. The number of benzene rings is 2. The minimum Gasteiger partial charge on any atom is -0.490 e. The molecule has 2 heterocycles. The van der Waals surface area contributed by atoms with Crippen molar-refractivity contribution in [2.45, 2.75) is 20.5 Å². The predicted molar refractivity (Wildman–Crippen MR) is 133 cm³/mol. The van der Waals surface area contributed by atoms with Gasteiger partial charge >= 0.3 is 0 Å². The number of nitrogens with one attached hydrogen (secondary N) is 1. The second-order valence-electron chi connectivity index (χ2n) is 7.59. The van der Waals surface area contributed by atoms with E-state index in [-0.39, 0.29) is 21.7 Å². The van der Waals surface area contributed by atoms with Gasteiger partial charge in [0.1, 0.15) is 12.4 Å². The van der Waals surface area contributed by atoms with Crippen molar-refractivity contribution in [2.24, 2.45) is 9.39 Å². The van der Waals surface area contributed by atoms with Crippen LogP contribution in [0.3, 0.4) is 0 Å². The maximum Gasteiger partial charge on any atom is 0.283 e. The third-order valence-corrected chi connectivity index (χ3v) is 6.67. The fraction of sp³-hybridized carbons (Fsp3) is 0.217. The van der Waals surface area contributed by atoms with E-state index in [0.717, 1.165) is 34.2 Å². The molecule has 0 radical (unpaired) electrons. The minimum absolute atomic E-state index is 0.0439. The smallest absolute Gasteiger partial charge is 0.283 e. The van der Waals surface area contributed by atoms with Crippen LogP contribution < -0.4 is 9.47 Å². The van der Waals surface area contributed by atoms with Crippen LogP contribution >= 0.6 is 11.9 Å². The average Bonchev–Trinajstić information content (AvgIpc) is 3.22. The van der Waals surface area contributed by atoms with Crippen molar-refractivity contribution in [3.8, 4) is 11.5 Å². The van der Waals surface area contributed by atoms with Crippen molar-refractivity contribution >= 4 is 49.9 Å². The fourth-order valence-electron chi connectivity index (χ4n) is 3.25. The van der Waals surface area contributed by atoms with E-state index in [4.69, 9.17) is 14.9 Å². The first-order valence-electron chi connectivity index (χ1n) is 10.3. The van der Waals surface area contributed by atoms with Crippen LogP contribution in [0.25, 0.3) is 6.08 Å². The van der Waals surface area contributed by atoms with E-state index in [0.29, 0.717) is 30.3 Å². The predicted octanol–water partition coefficient (Wildman–Crippen LogP) is 3.59. The van der Waals surface area contributed by atoms with E-state index in [2.05, 4.69) is 9.39 Å². The highest BCUT2D eigenvalue weighted by Gasteiger charge is 2.41. The maximum atomic E-state index is 12.6. The molecule has 0 atom stereocenters. The number of hydrogen-bond donors (Lipinski definition) is 1. The van der Waals surface area contributed by atoms with Gasteiger partial charge in [0, 0.05) is 6.26 Å². The zero-order valence-electron chi connectivity index (χ0n) is 18.7. The largest absolute Gasteiger partial charge is 0.490 e. The number of rotatable bonds is 6. The van der Waals surface area contributed by atoms with Crippen molar-refractivity contribution in [3.05, 3.63) is 64.7 Å². The van der Waals surface area contributed by atoms with Gasteiger partial charge in [0.25, 0.3) is 5.91 Å². The zero-order valence-corrected chi connectivity index (χ0v) is 20.4. The van der Waals surface area contributed by atoms with Crippen LogP contribution in [-0.4, -0.2) is 48.3 Å². The second kappa shape index (κ2) is 9.43. The molecule has 9 nitrogen and oxygen atoms in total. The number of carbonyl (C=O) groups excluding carboxylic acids is 1. The Balaban J connectivity index is 1.61. The van der Waals surface area contributed by atoms with Gasteiger partial charge < -0.3 is 9.47 Å². The molecule has 4 rings (SSSR count). The Morgan fingerprint density at radius 1 is 1.12 bits per heavy atom. The minimum atomic E-state index is -3.71. The van der Waals surface area contributed by atoms with Crippen LogP contribution in [0, 0.1) is 12.3 Å². The van der Waals surface area contributed by atoms with E-state index >= 15 is 0 Å². The molecule has 0 aromatic heterocycles. The Hall–Kier alpha value is -3.44. The van der Waals surface area contributed by atoms with Gasteiger partial charge in [-0.3, -0.25) is 10.2 Å². The van der Waals surface area contributed by atoms with E-state index < -0.39 is 15.7 Å². The van der Waals surface area contributed by atoms with Crippen molar-refractivity contribution in [3.63, 3.8) is 0 Å². The summed E-state index contributed by atoms with van der Waals surface area (Å²) in [5.41, 5.74) is 2.69. The summed E-state index contributed by atoms with van der Waals surface area (Å²) in [7, 11) is -3.71. The van der Waals surface area contributed by atoms with Gasteiger partial charge in [-0.15, -0.1) is 0 Å². The number of sulfone groups is 1. The van der Waals surface area contributed by atoms with Crippen LogP contribution in [0.1, 0.15) is 23.6 Å². The number of amidine groups is 3. The first-order valence-corrected chi connectivity index (χ1v) is 13.0. The quantitative estimate of drug-likeness (QED) is 0.477. The molecule has 0 spiro atoms. The molecule has 2 aromatic carbocycles. The molecule has 34 heavy (non-hydrogen) atoms. The molecule has 1 N–H and O–H groups in total. The summed E-state index contributed by atoms with van der Waals surface area (Å²) in [4.78, 5) is 17.5. The van der Waals surface area contributed by atoms with Crippen molar-refractivity contribution in [1.29, 1.82) is 5.41 Å². The standard InChI is InChI=1S/C23H22N4O5S2/c1-4-31-19-12-16(9-10-18(19)32-13-15-7-5-14(2)6-8-15)11-17-20(24)27-22(25-21(17)28)33-26-23(27)34(3,29)30/h5-12,24H,4,13H2,1-3H3. The number of amides is 1. The summed E-state index contributed by atoms with van der Waals surface area (Å²) in [6.45, 7) is 4.64. The van der Waals surface area contributed by atoms with E-state index in [9.17, 15) is 13.2 Å². The Morgan fingerprint density at radius 3 is 2.53 bits per heavy atom. The molecule has 2 aromatic rings. The zero-order chi connectivity index (χ0) is 24.5. The lowest BCUT2D eigenvalue weighted by Crippen LogP contribution is -2.45. The summed E-state index contributed by atoms with van der Waals surface area (Å²) < 4.78 is 39.6. The van der Waals surface area contributed by atoms with Gasteiger partial charge in [-0.2, -0.15) is 9.39 Å². The van der Waals surface area contributed by atoms with Crippen molar-refractivity contribution in [2.75, 3.05) is 12.9 Å². The first-order chi connectivity index (χ1) is 16.2. The number of fused-ring (bicyclic) bond motifs is 1. The molecular formula is C23H22N4O5S2. The van der Waals surface area contributed by atoms with Gasteiger partial charge in [0.15, 0.2) is 11.5 Å². The molecule has 0 saturated heterocycles. The number of nitrogens with zero attached hydrogens (tertiary/aromatic N) is 3. The summed E-state index contributed by atoms with van der Waals surface area (Å²) in [6.07, 6.45) is 2.46. The molecule has 176 valence electrons. The summed E-state index contributed by atoms with van der Waals surface area (Å²) in [5.74, 6) is 0.0728. The molecule has 1 amide bonds. The summed E-state index contributed by atoms with van der Waals surface area (Å²) in [5, 5.41) is 8.18. The van der Waals surface area contributed by atoms with Gasteiger partial charge in [0.2, 0.25) is 20.2 Å². The van der Waals surface area contributed by atoms with Crippen LogP contribution in [0.4, 0.5) is 0 Å². The lowest BCUT2D eigenvalue weighted by Gasteiger charge is -2.23. The average molecular weight is 499 g/mol. The molecule has 0 saturated carbocycles. The first kappa shape index (κ1) is 23.7. The monoisotopic (exact) mass is 498 g/mol. The summed E-state index contributed by atoms with van der Waals surface area (Å²) in [6, 6.07) is 13.2. The Bertz CT molecular complexity index is 1360. The Morgan fingerprint density at radius 2 is 1.85 bits per heavy atom. The molecular weight excluding hydrogens is 476 g/mol. The van der Waals surface area contributed by atoms with E-state index in [1.54, 1.807) is 18.2 Å². The van der Waals surface area contributed by atoms with Crippen LogP contribution in [0.5, 0.6) is 11.5 Å². The third kappa shape index (κ3) is 4.90. The summed E-state index contributed by atoms with van der Waals surface area (Å²) >= 11 is 0.752. The SMILES string of the molecule is CCOc1cc(C=C2C(=N)N3C(=NC2=O)SN=C3S(C)(=O)=O)ccc1OCc1ccc(C)cc1. The van der Waals surface area contributed by atoms with Crippen LogP contribution in [-0.2, 0) is 21.2 Å². The fourth-order valence-corrected chi connectivity index (χ4v) is 5.10. The lowest BCUT2D eigenvalue weighted by atomic mass is 10.1. The highest BCUT2D eigenvalue weighted by molar-refractivity contribution is 8.16. The van der Waals surface area contributed by atoms with Crippen molar-refractivity contribution in [1.82, 2.24) is 4.90 Å². The highest BCUT2D eigenvalue weighted by atomic mass is 32.2. The molecule has 2 aliphatic heterocycles. The Kier molecular flexibility index (Phi) is 6.58. The van der Waals surface area contributed by atoms with Gasteiger partial charge in [0.05, 0.1) is 24.1 Å².